The number of ether oxygens (including phenoxy) is 2. The van der Waals surface area contributed by atoms with Crippen LogP contribution in [0.3, 0.4) is 0 Å². The molecule has 4 heteroatoms. The molecule has 1 N–H and O–H groups in total. The van der Waals surface area contributed by atoms with Crippen LogP contribution in [0.15, 0.2) is 18.2 Å². The molecule has 0 aliphatic heterocycles. The molecule has 0 bridgehead atoms. The van der Waals surface area contributed by atoms with Crippen molar-refractivity contribution in [3.8, 4) is 5.75 Å². The fourth-order valence-corrected chi connectivity index (χ4v) is 2.10. The predicted octanol–water partition coefficient (Wildman–Crippen LogP) is 2.08. The Kier molecular flexibility index (Phi) is 3.52. The minimum absolute atomic E-state index is 0.338. The van der Waals surface area contributed by atoms with Crippen molar-refractivity contribution in [1.82, 2.24) is 5.32 Å². The summed E-state index contributed by atoms with van der Waals surface area (Å²) in [5.41, 5.74) is 2.60. The number of hydrogen-bond acceptors (Lipinski definition) is 3. The van der Waals surface area contributed by atoms with E-state index in [1.807, 2.05) is 6.07 Å². The Morgan fingerprint density at radius 3 is 3.00 bits per heavy atom. The fourth-order valence-electron chi connectivity index (χ4n) is 2.10. The maximum Gasteiger partial charge on any atom is 0.407 e. The van der Waals surface area contributed by atoms with Crippen LogP contribution in [-0.2, 0) is 11.2 Å². The number of methoxy groups -OCH3 is 1. The molecule has 1 aromatic rings. The third kappa shape index (κ3) is 2.52. The van der Waals surface area contributed by atoms with Gasteiger partial charge in [-0.25, -0.2) is 4.79 Å². The highest BCUT2D eigenvalue weighted by Crippen LogP contribution is 2.36. The first-order valence-electron chi connectivity index (χ1n) is 5.82. The monoisotopic (exact) mass is 235 g/mol. The summed E-state index contributed by atoms with van der Waals surface area (Å²) in [5, 5.41) is 2.76. The Balaban J connectivity index is 1.88. The number of alkyl carbamates (subject to hydrolysis) is 1. The average molecular weight is 235 g/mol. The van der Waals surface area contributed by atoms with E-state index >= 15 is 0 Å². The zero-order valence-electron chi connectivity index (χ0n) is 10.2. The molecule has 1 aromatic carbocycles. The highest BCUT2D eigenvalue weighted by atomic mass is 16.5. The Labute approximate surface area is 101 Å². The summed E-state index contributed by atoms with van der Waals surface area (Å²) in [6.45, 7) is 2.84. The molecule has 1 amide bonds. The molecule has 17 heavy (non-hydrogen) atoms. The minimum atomic E-state index is -0.338. The van der Waals surface area contributed by atoms with Gasteiger partial charge in [-0.05, 0) is 36.6 Å². The van der Waals surface area contributed by atoms with Gasteiger partial charge in [-0.1, -0.05) is 6.07 Å². The van der Waals surface area contributed by atoms with E-state index in [1.165, 1.54) is 11.1 Å². The number of hydrogen-bond donors (Lipinski definition) is 1. The Morgan fingerprint density at radius 1 is 1.53 bits per heavy atom. The van der Waals surface area contributed by atoms with Crippen molar-refractivity contribution in [3.63, 3.8) is 0 Å². The van der Waals surface area contributed by atoms with Crippen molar-refractivity contribution in [2.24, 2.45) is 0 Å². The fraction of sp³-hybridized carbons (Fsp3) is 0.462. The number of nitrogens with one attached hydrogen (secondary N) is 1. The van der Waals surface area contributed by atoms with Crippen LogP contribution in [0.2, 0.25) is 0 Å². The molecular weight excluding hydrogens is 218 g/mol. The zero-order chi connectivity index (χ0) is 12.3. The van der Waals surface area contributed by atoms with Gasteiger partial charge in [-0.3, -0.25) is 0 Å². The first-order chi connectivity index (χ1) is 8.24. The summed E-state index contributed by atoms with van der Waals surface area (Å²) in [6, 6.07) is 6.07. The standard InChI is InChI=1S/C13H17NO3/c1-3-17-13(15)14-8-10-6-9-7-11(16-2)4-5-12(9)10/h4-5,7,10H,3,6,8H2,1-2H3,(H,14,15). The summed E-state index contributed by atoms with van der Waals surface area (Å²) in [7, 11) is 1.67. The number of carbonyl (C=O) groups excluding carboxylic acids is 1. The lowest BCUT2D eigenvalue weighted by atomic mass is 9.77. The molecule has 0 saturated heterocycles. The number of carbonyl (C=O) groups is 1. The first kappa shape index (κ1) is 11.8. The highest BCUT2D eigenvalue weighted by Gasteiger charge is 2.26. The third-order valence-electron chi connectivity index (χ3n) is 3.02. The number of amides is 1. The van der Waals surface area contributed by atoms with Crippen LogP contribution in [-0.4, -0.2) is 26.4 Å². The van der Waals surface area contributed by atoms with Gasteiger partial charge in [0.1, 0.15) is 5.75 Å². The van der Waals surface area contributed by atoms with E-state index in [0.717, 1.165) is 12.2 Å². The quantitative estimate of drug-likeness (QED) is 0.869. The lowest BCUT2D eigenvalue weighted by Crippen LogP contribution is -2.33. The second-order valence-corrected chi connectivity index (χ2v) is 4.07. The van der Waals surface area contributed by atoms with E-state index in [-0.39, 0.29) is 6.09 Å². The average Bonchev–Trinajstić information content (AvgIpc) is 2.30. The van der Waals surface area contributed by atoms with Gasteiger partial charge in [0.2, 0.25) is 0 Å². The molecule has 4 nitrogen and oxygen atoms in total. The van der Waals surface area contributed by atoms with E-state index < -0.39 is 0 Å². The molecule has 0 radical (unpaired) electrons. The van der Waals surface area contributed by atoms with E-state index in [0.29, 0.717) is 19.1 Å². The summed E-state index contributed by atoms with van der Waals surface area (Å²) >= 11 is 0. The lowest BCUT2D eigenvalue weighted by Gasteiger charge is -2.30. The molecule has 0 saturated carbocycles. The van der Waals surface area contributed by atoms with Crippen molar-refractivity contribution < 1.29 is 14.3 Å². The first-order valence-corrected chi connectivity index (χ1v) is 5.82. The molecule has 1 aliphatic rings. The van der Waals surface area contributed by atoms with Gasteiger partial charge in [0.15, 0.2) is 0 Å². The second-order valence-electron chi connectivity index (χ2n) is 4.07. The van der Waals surface area contributed by atoms with Crippen LogP contribution < -0.4 is 10.1 Å². The van der Waals surface area contributed by atoms with E-state index in [2.05, 4.69) is 17.4 Å². The summed E-state index contributed by atoms with van der Waals surface area (Å²) in [4.78, 5) is 11.1. The molecule has 0 fully saturated rings. The summed E-state index contributed by atoms with van der Waals surface area (Å²) < 4.78 is 9.97. The molecule has 0 heterocycles. The maximum atomic E-state index is 11.1. The van der Waals surface area contributed by atoms with Crippen molar-refractivity contribution in [3.05, 3.63) is 29.3 Å². The van der Waals surface area contributed by atoms with Crippen LogP contribution in [0.5, 0.6) is 5.75 Å². The van der Waals surface area contributed by atoms with E-state index in [4.69, 9.17) is 9.47 Å². The Bertz CT molecular complexity index is 417. The van der Waals surface area contributed by atoms with Crippen molar-refractivity contribution in [2.75, 3.05) is 20.3 Å². The van der Waals surface area contributed by atoms with Crippen molar-refractivity contribution in [2.45, 2.75) is 19.3 Å². The predicted molar refractivity (Wildman–Crippen MR) is 64.5 cm³/mol. The van der Waals surface area contributed by atoms with Crippen LogP contribution in [0.1, 0.15) is 24.0 Å². The highest BCUT2D eigenvalue weighted by molar-refractivity contribution is 5.67. The van der Waals surface area contributed by atoms with Crippen LogP contribution in [0.4, 0.5) is 4.79 Å². The van der Waals surface area contributed by atoms with Crippen LogP contribution in [0.25, 0.3) is 0 Å². The van der Waals surface area contributed by atoms with Crippen LogP contribution in [0, 0.1) is 0 Å². The van der Waals surface area contributed by atoms with Gasteiger partial charge in [0.05, 0.1) is 13.7 Å². The van der Waals surface area contributed by atoms with E-state index in [1.54, 1.807) is 14.0 Å². The normalized spacial score (nSPS) is 16.7. The van der Waals surface area contributed by atoms with Gasteiger partial charge < -0.3 is 14.8 Å². The van der Waals surface area contributed by atoms with Crippen molar-refractivity contribution >= 4 is 6.09 Å². The number of benzene rings is 1. The number of rotatable bonds is 4. The molecule has 0 spiro atoms. The molecular formula is C13H17NO3. The second kappa shape index (κ2) is 5.08. The van der Waals surface area contributed by atoms with Gasteiger partial charge in [-0.2, -0.15) is 0 Å². The topological polar surface area (TPSA) is 47.6 Å². The smallest absolute Gasteiger partial charge is 0.407 e. The molecule has 1 aliphatic carbocycles. The SMILES string of the molecule is CCOC(=O)NCC1Cc2cc(OC)ccc21. The van der Waals surface area contributed by atoms with Gasteiger partial charge in [0, 0.05) is 12.5 Å². The van der Waals surface area contributed by atoms with E-state index in [9.17, 15) is 4.79 Å². The molecule has 92 valence electrons. The van der Waals surface area contributed by atoms with Gasteiger partial charge in [-0.15, -0.1) is 0 Å². The summed E-state index contributed by atoms with van der Waals surface area (Å²) in [5.74, 6) is 1.29. The third-order valence-corrected chi connectivity index (χ3v) is 3.02. The zero-order valence-corrected chi connectivity index (χ0v) is 10.2. The molecule has 1 unspecified atom stereocenters. The minimum Gasteiger partial charge on any atom is -0.497 e. The molecule has 2 rings (SSSR count). The van der Waals surface area contributed by atoms with Gasteiger partial charge in [0.25, 0.3) is 0 Å². The number of fused-ring (bicyclic) bond motifs is 1. The summed E-state index contributed by atoms with van der Waals surface area (Å²) in [6.07, 6.45) is 0.647. The van der Waals surface area contributed by atoms with Gasteiger partial charge >= 0.3 is 6.09 Å². The molecule has 1 atom stereocenters. The maximum absolute atomic E-state index is 11.1. The Hall–Kier alpha value is -1.71. The van der Waals surface area contributed by atoms with Crippen LogP contribution >= 0.6 is 0 Å². The lowest BCUT2D eigenvalue weighted by molar-refractivity contribution is 0.151. The molecule has 0 aromatic heterocycles. The largest absolute Gasteiger partial charge is 0.497 e. The Morgan fingerprint density at radius 2 is 2.35 bits per heavy atom. The van der Waals surface area contributed by atoms with Crippen molar-refractivity contribution in [1.29, 1.82) is 0 Å².